The molecule has 3 heteroatoms. The Labute approximate surface area is 124 Å². The van der Waals surface area contributed by atoms with Crippen molar-refractivity contribution in [1.29, 1.82) is 0 Å². The molecule has 0 bridgehead atoms. The summed E-state index contributed by atoms with van der Waals surface area (Å²) >= 11 is 0. The molecule has 0 spiro atoms. The molecular weight excluding hydrogens is 248 g/mol. The first-order valence-electron chi connectivity index (χ1n) is 8.60. The van der Waals surface area contributed by atoms with Gasteiger partial charge in [0.05, 0.1) is 0 Å². The van der Waals surface area contributed by atoms with Gasteiger partial charge in [-0.15, -0.1) is 0 Å². The van der Waals surface area contributed by atoms with Crippen molar-refractivity contribution in [2.45, 2.75) is 77.8 Å². The monoisotopic (exact) mass is 280 g/mol. The van der Waals surface area contributed by atoms with Crippen LogP contribution in [0.4, 0.5) is 0 Å². The Morgan fingerprint density at radius 1 is 1.15 bits per heavy atom. The van der Waals surface area contributed by atoms with E-state index in [1.807, 2.05) is 0 Å². The molecule has 1 aliphatic heterocycles. The number of hydrogen-bond acceptors (Lipinski definition) is 2. The molecule has 20 heavy (non-hydrogen) atoms. The SMILES string of the molecule is CCC1CCCCCN1C(=O)C1CC(N)C(C)CC1C. The average Bonchev–Trinajstić information content (AvgIpc) is 2.67. The van der Waals surface area contributed by atoms with Crippen LogP contribution < -0.4 is 5.73 Å². The van der Waals surface area contributed by atoms with E-state index in [2.05, 4.69) is 25.7 Å². The Hall–Kier alpha value is -0.570. The molecule has 5 unspecified atom stereocenters. The van der Waals surface area contributed by atoms with Gasteiger partial charge in [0.15, 0.2) is 0 Å². The predicted molar refractivity (Wildman–Crippen MR) is 83.3 cm³/mol. The summed E-state index contributed by atoms with van der Waals surface area (Å²) in [6.45, 7) is 7.64. The highest BCUT2D eigenvalue weighted by Crippen LogP contribution is 2.35. The average molecular weight is 280 g/mol. The van der Waals surface area contributed by atoms with Crippen LogP contribution in [0.25, 0.3) is 0 Å². The van der Waals surface area contributed by atoms with E-state index in [4.69, 9.17) is 5.73 Å². The number of amides is 1. The smallest absolute Gasteiger partial charge is 0.226 e. The number of carbonyl (C=O) groups is 1. The Morgan fingerprint density at radius 2 is 1.90 bits per heavy atom. The van der Waals surface area contributed by atoms with Crippen LogP contribution in [-0.4, -0.2) is 29.4 Å². The van der Waals surface area contributed by atoms with E-state index < -0.39 is 0 Å². The van der Waals surface area contributed by atoms with Crippen LogP contribution in [0, 0.1) is 17.8 Å². The summed E-state index contributed by atoms with van der Waals surface area (Å²) in [6, 6.07) is 0.667. The molecule has 5 atom stereocenters. The van der Waals surface area contributed by atoms with Gasteiger partial charge in [0.2, 0.25) is 5.91 Å². The Balaban J connectivity index is 2.08. The molecule has 0 aromatic rings. The zero-order chi connectivity index (χ0) is 14.7. The number of nitrogens with zero attached hydrogens (tertiary/aromatic N) is 1. The molecule has 0 aromatic heterocycles. The lowest BCUT2D eigenvalue weighted by molar-refractivity contribution is -0.141. The normalized spacial score (nSPS) is 39.4. The summed E-state index contributed by atoms with van der Waals surface area (Å²) in [6.07, 6.45) is 7.99. The zero-order valence-electron chi connectivity index (χ0n) is 13.5. The minimum Gasteiger partial charge on any atom is -0.339 e. The number of likely N-dealkylation sites (tertiary alicyclic amines) is 1. The van der Waals surface area contributed by atoms with E-state index in [0.29, 0.717) is 23.8 Å². The highest BCUT2D eigenvalue weighted by molar-refractivity contribution is 5.79. The number of nitrogens with two attached hydrogens (primary N) is 1. The van der Waals surface area contributed by atoms with Crippen LogP contribution in [0.5, 0.6) is 0 Å². The largest absolute Gasteiger partial charge is 0.339 e. The molecule has 1 aliphatic carbocycles. The minimum atomic E-state index is 0.161. The Morgan fingerprint density at radius 3 is 2.60 bits per heavy atom. The molecule has 2 N–H and O–H groups in total. The topological polar surface area (TPSA) is 46.3 Å². The molecule has 2 rings (SSSR count). The van der Waals surface area contributed by atoms with E-state index in [1.165, 1.54) is 25.7 Å². The van der Waals surface area contributed by atoms with Crippen molar-refractivity contribution in [3.8, 4) is 0 Å². The van der Waals surface area contributed by atoms with Crippen molar-refractivity contribution < 1.29 is 4.79 Å². The van der Waals surface area contributed by atoms with Crippen molar-refractivity contribution >= 4 is 5.91 Å². The van der Waals surface area contributed by atoms with E-state index in [9.17, 15) is 4.79 Å². The van der Waals surface area contributed by atoms with Crippen molar-refractivity contribution in [3.05, 3.63) is 0 Å². The molecule has 3 nitrogen and oxygen atoms in total. The third kappa shape index (κ3) is 3.36. The van der Waals surface area contributed by atoms with Gasteiger partial charge in [0.25, 0.3) is 0 Å². The molecule has 2 aliphatic rings. The highest BCUT2D eigenvalue weighted by atomic mass is 16.2. The van der Waals surface area contributed by atoms with Gasteiger partial charge in [-0.1, -0.05) is 33.6 Å². The van der Waals surface area contributed by atoms with Gasteiger partial charge < -0.3 is 10.6 Å². The zero-order valence-corrected chi connectivity index (χ0v) is 13.5. The third-order valence-electron chi connectivity index (χ3n) is 5.64. The predicted octanol–water partition coefficient (Wildman–Crippen LogP) is 3.18. The Kier molecular flexibility index (Phi) is 5.48. The Bertz CT molecular complexity index is 331. The summed E-state index contributed by atoms with van der Waals surface area (Å²) in [7, 11) is 0. The van der Waals surface area contributed by atoms with E-state index in [-0.39, 0.29) is 12.0 Å². The van der Waals surface area contributed by atoms with E-state index >= 15 is 0 Å². The van der Waals surface area contributed by atoms with Crippen LogP contribution in [0.15, 0.2) is 0 Å². The van der Waals surface area contributed by atoms with Gasteiger partial charge in [-0.2, -0.15) is 0 Å². The lowest BCUT2D eigenvalue weighted by Crippen LogP contribution is -2.49. The van der Waals surface area contributed by atoms with Crippen LogP contribution in [-0.2, 0) is 4.79 Å². The number of rotatable bonds is 2. The van der Waals surface area contributed by atoms with Crippen molar-refractivity contribution in [2.75, 3.05) is 6.54 Å². The van der Waals surface area contributed by atoms with Gasteiger partial charge in [0, 0.05) is 24.5 Å². The van der Waals surface area contributed by atoms with Crippen LogP contribution >= 0.6 is 0 Å². The standard InChI is InChI=1S/C17H32N2O/c1-4-14-8-6-5-7-9-19(14)17(20)15-11-16(18)13(3)10-12(15)2/h12-16H,4-11,18H2,1-3H3. The van der Waals surface area contributed by atoms with Gasteiger partial charge in [-0.05, 0) is 43.9 Å². The summed E-state index contributed by atoms with van der Waals surface area (Å²) in [5.74, 6) is 1.60. The molecular formula is C17H32N2O. The molecule has 1 saturated carbocycles. The molecule has 0 aromatic carbocycles. The molecule has 1 saturated heterocycles. The first kappa shape index (κ1) is 15.8. The molecule has 1 amide bonds. The lowest BCUT2D eigenvalue weighted by Gasteiger charge is -2.40. The van der Waals surface area contributed by atoms with Crippen LogP contribution in [0.1, 0.15) is 65.7 Å². The maximum absolute atomic E-state index is 13.0. The second-order valence-electron chi connectivity index (χ2n) is 7.14. The van der Waals surface area contributed by atoms with Crippen LogP contribution in [0.2, 0.25) is 0 Å². The van der Waals surface area contributed by atoms with E-state index in [0.717, 1.165) is 25.8 Å². The minimum absolute atomic E-state index is 0.161. The van der Waals surface area contributed by atoms with Gasteiger partial charge >= 0.3 is 0 Å². The van der Waals surface area contributed by atoms with Gasteiger partial charge in [-0.3, -0.25) is 4.79 Å². The lowest BCUT2D eigenvalue weighted by atomic mass is 9.72. The van der Waals surface area contributed by atoms with Crippen molar-refractivity contribution in [3.63, 3.8) is 0 Å². The van der Waals surface area contributed by atoms with Gasteiger partial charge in [0.1, 0.15) is 0 Å². The summed E-state index contributed by atoms with van der Waals surface area (Å²) < 4.78 is 0. The fourth-order valence-electron chi connectivity index (χ4n) is 4.13. The molecule has 1 heterocycles. The quantitative estimate of drug-likeness (QED) is 0.844. The first-order valence-corrected chi connectivity index (χ1v) is 8.60. The second-order valence-corrected chi connectivity index (χ2v) is 7.14. The number of carbonyl (C=O) groups excluding carboxylic acids is 1. The van der Waals surface area contributed by atoms with Crippen LogP contribution in [0.3, 0.4) is 0 Å². The molecule has 116 valence electrons. The van der Waals surface area contributed by atoms with Crippen molar-refractivity contribution in [1.82, 2.24) is 4.90 Å². The third-order valence-corrected chi connectivity index (χ3v) is 5.64. The van der Waals surface area contributed by atoms with Gasteiger partial charge in [-0.25, -0.2) is 0 Å². The maximum Gasteiger partial charge on any atom is 0.226 e. The highest BCUT2D eigenvalue weighted by Gasteiger charge is 2.38. The number of hydrogen-bond donors (Lipinski definition) is 1. The van der Waals surface area contributed by atoms with E-state index in [1.54, 1.807) is 0 Å². The molecule has 2 fully saturated rings. The summed E-state index contributed by atoms with van der Waals surface area (Å²) in [5, 5.41) is 0. The fourth-order valence-corrected chi connectivity index (χ4v) is 4.13. The second kappa shape index (κ2) is 6.93. The molecule has 0 radical (unpaired) electrons. The summed E-state index contributed by atoms with van der Waals surface area (Å²) in [4.78, 5) is 15.2. The fraction of sp³-hybridized carbons (Fsp3) is 0.941. The summed E-state index contributed by atoms with van der Waals surface area (Å²) in [5.41, 5.74) is 6.23. The van der Waals surface area contributed by atoms with Crippen molar-refractivity contribution in [2.24, 2.45) is 23.5 Å². The maximum atomic E-state index is 13.0. The first-order chi connectivity index (χ1) is 9.54.